The highest BCUT2D eigenvalue weighted by atomic mass is 16.5. The van der Waals surface area contributed by atoms with Gasteiger partial charge in [-0.05, 0) is 30.2 Å². The molecule has 134 valence electrons. The SMILES string of the molecule is CC[C@H](C(=O)OCC(=O)Nc1ccc2[nH]c(=O)[nH]c2c1)c1ccccc1. The van der Waals surface area contributed by atoms with Crippen molar-refractivity contribution in [1.82, 2.24) is 9.97 Å². The number of anilines is 1. The van der Waals surface area contributed by atoms with Gasteiger partial charge in [0.25, 0.3) is 5.91 Å². The summed E-state index contributed by atoms with van der Waals surface area (Å²) in [5.74, 6) is -1.27. The average molecular weight is 353 g/mol. The number of imidazole rings is 1. The largest absolute Gasteiger partial charge is 0.455 e. The van der Waals surface area contributed by atoms with Crippen molar-refractivity contribution in [3.8, 4) is 0 Å². The van der Waals surface area contributed by atoms with Crippen LogP contribution in [0.1, 0.15) is 24.8 Å². The van der Waals surface area contributed by atoms with Crippen LogP contribution in [0, 0.1) is 0 Å². The fraction of sp³-hybridized carbons (Fsp3) is 0.211. The molecule has 1 heterocycles. The van der Waals surface area contributed by atoms with Gasteiger partial charge in [-0.25, -0.2) is 4.79 Å². The van der Waals surface area contributed by atoms with Crippen LogP contribution in [0.5, 0.6) is 0 Å². The van der Waals surface area contributed by atoms with E-state index in [1.54, 1.807) is 18.2 Å². The predicted molar refractivity (Wildman–Crippen MR) is 98.0 cm³/mol. The van der Waals surface area contributed by atoms with Crippen molar-refractivity contribution in [1.29, 1.82) is 0 Å². The molecule has 0 radical (unpaired) electrons. The van der Waals surface area contributed by atoms with E-state index in [9.17, 15) is 14.4 Å². The first-order valence-electron chi connectivity index (χ1n) is 8.30. The maximum absolute atomic E-state index is 12.3. The summed E-state index contributed by atoms with van der Waals surface area (Å²) in [4.78, 5) is 40.8. The zero-order valence-corrected chi connectivity index (χ0v) is 14.2. The fourth-order valence-electron chi connectivity index (χ4n) is 2.77. The van der Waals surface area contributed by atoms with E-state index in [1.807, 2.05) is 37.3 Å². The molecule has 0 aliphatic rings. The molecule has 3 rings (SSSR count). The van der Waals surface area contributed by atoms with Crippen molar-refractivity contribution in [3.63, 3.8) is 0 Å². The molecule has 3 aromatic rings. The van der Waals surface area contributed by atoms with Crippen LogP contribution in [0.4, 0.5) is 5.69 Å². The number of aromatic amines is 2. The number of amides is 1. The van der Waals surface area contributed by atoms with Crippen LogP contribution >= 0.6 is 0 Å². The Labute approximate surface area is 149 Å². The van der Waals surface area contributed by atoms with Crippen molar-refractivity contribution in [3.05, 3.63) is 64.6 Å². The van der Waals surface area contributed by atoms with Gasteiger partial charge in [-0.2, -0.15) is 0 Å². The van der Waals surface area contributed by atoms with Gasteiger partial charge in [-0.1, -0.05) is 37.3 Å². The second-order valence-electron chi connectivity index (χ2n) is 5.87. The number of benzene rings is 2. The van der Waals surface area contributed by atoms with E-state index < -0.39 is 17.8 Å². The Morgan fingerprint density at radius 2 is 1.81 bits per heavy atom. The zero-order chi connectivity index (χ0) is 18.5. The van der Waals surface area contributed by atoms with E-state index in [2.05, 4.69) is 15.3 Å². The van der Waals surface area contributed by atoms with Crippen molar-refractivity contribution in [2.45, 2.75) is 19.3 Å². The molecule has 7 heteroatoms. The normalized spacial score (nSPS) is 11.9. The topological polar surface area (TPSA) is 104 Å². The molecule has 0 aliphatic carbocycles. The lowest BCUT2D eigenvalue weighted by Gasteiger charge is -2.14. The summed E-state index contributed by atoms with van der Waals surface area (Å²) in [6.45, 7) is 1.52. The molecule has 0 bridgehead atoms. The Hall–Kier alpha value is -3.35. The summed E-state index contributed by atoms with van der Waals surface area (Å²) >= 11 is 0. The summed E-state index contributed by atoms with van der Waals surface area (Å²) < 4.78 is 5.16. The van der Waals surface area contributed by atoms with Gasteiger partial charge in [0.1, 0.15) is 0 Å². The maximum atomic E-state index is 12.3. The van der Waals surface area contributed by atoms with Gasteiger partial charge in [0.15, 0.2) is 6.61 Å². The quantitative estimate of drug-likeness (QED) is 0.592. The van der Waals surface area contributed by atoms with Crippen LogP contribution in [-0.4, -0.2) is 28.5 Å². The molecule has 1 atom stereocenters. The first-order valence-corrected chi connectivity index (χ1v) is 8.30. The number of fused-ring (bicyclic) bond motifs is 1. The van der Waals surface area contributed by atoms with Crippen LogP contribution in [-0.2, 0) is 14.3 Å². The molecule has 0 saturated carbocycles. The second kappa shape index (κ2) is 7.69. The molecular formula is C19H19N3O4. The van der Waals surface area contributed by atoms with Crippen LogP contribution in [0.3, 0.4) is 0 Å². The maximum Gasteiger partial charge on any atom is 0.323 e. The third-order valence-corrected chi connectivity index (χ3v) is 4.04. The van der Waals surface area contributed by atoms with Crippen molar-refractivity contribution < 1.29 is 14.3 Å². The Kier molecular flexibility index (Phi) is 5.17. The molecule has 0 saturated heterocycles. The summed E-state index contributed by atoms with van der Waals surface area (Å²) in [5, 5.41) is 2.64. The zero-order valence-electron chi connectivity index (χ0n) is 14.2. The van der Waals surface area contributed by atoms with Gasteiger partial charge < -0.3 is 20.0 Å². The molecular weight excluding hydrogens is 334 g/mol. The van der Waals surface area contributed by atoms with E-state index in [-0.39, 0.29) is 12.3 Å². The molecule has 7 nitrogen and oxygen atoms in total. The second-order valence-corrected chi connectivity index (χ2v) is 5.87. The smallest absolute Gasteiger partial charge is 0.323 e. The Balaban J connectivity index is 1.58. The Morgan fingerprint density at radius 3 is 2.54 bits per heavy atom. The monoisotopic (exact) mass is 353 g/mol. The van der Waals surface area contributed by atoms with E-state index in [4.69, 9.17) is 4.74 Å². The number of hydrogen-bond donors (Lipinski definition) is 3. The minimum Gasteiger partial charge on any atom is -0.455 e. The van der Waals surface area contributed by atoms with Crippen LogP contribution in [0.15, 0.2) is 53.3 Å². The molecule has 2 aromatic carbocycles. The molecule has 1 amide bonds. The van der Waals surface area contributed by atoms with Gasteiger partial charge in [0, 0.05) is 5.69 Å². The van der Waals surface area contributed by atoms with Crippen LogP contribution in [0.25, 0.3) is 11.0 Å². The lowest BCUT2D eigenvalue weighted by atomic mass is 9.97. The van der Waals surface area contributed by atoms with Gasteiger partial charge in [-0.15, -0.1) is 0 Å². The third kappa shape index (κ3) is 4.00. The number of ether oxygens (including phenoxy) is 1. The lowest BCUT2D eigenvalue weighted by molar-refractivity contribution is -0.149. The lowest BCUT2D eigenvalue weighted by Crippen LogP contribution is -2.23. The molecule has 0 aliphatic heterocycles. The first-order chi connectivity index (χ1) is 12.6. The molecule has 0 spiro atoms. The average Bonchev–Trinajstić information content (AvgIpc) is 3.01. The van der Waals surface area contributed by atoms with Gasteiger partial charge in [-0.3, -0.25) is 9.59 Å². The molecule has 3 N–H and O–H groups in total. The van der Waals surface area contributed by atoms with Crippen LogP contribution < -0.4 is 11.0 Å². The number of carbonyl (C=O) groups is 2. The van der Waals surface area contributed by atoms with Crippen molar-refractivity contribution in [2.75, 3.05) is 11.9 Å². The standard InChI is InChI=1S/C19H19N3O4/c1-2-14(12-6-4-3-5-7-12)18(24)26-11-17(23)20-13-8-9-15-16(10-13)22-19(25)21-15/h3-10,14H,2,11H2,1H3,(H,20,23)(H2,21,22,25)/t14-/m0/s1. The number of esters is 1. The summed E-state index contributed by atoms with van der Waals surface area (Å²) in [5.41, 5.74) is 2.28. The predicted octanol–water partition coefficient (Wildman–Crippen LogP) is 2.53. The third-order valence-electron chi connectivity index (χ3n) is 4.04. The van der Waals surface area contributed by atoms with Crippen molar-refractivity contribution >= 4 is 28.6 Å². The number of rotatable bonds is 6. The van der Waals surface area contributed by atoms with E-state index >= 15 is 0 Å². The Bertz CT molecular complexity index is 975. The minimum absolute atomic E-state index is 0.316. The number of aromatic nitrogens is 2. The van der Waals surface area contributed by atoms with E-state index in [1.165, 1.54) is 0 Å². The summed E-state index contributed by atoms with van der Waals surface area (Å²) in [6, 6.07) is 14.3. The molecule has 0 fully saturated rings. The molecule has 26 heavy (non-hydrogen) atoms. The molecule has 1 aromatic heterocycles. The van der Waals surface area contributed by atoms with Crippen LogP contribution in [0.2, 0.25) is 0 Å². The fourth-order valence-corrected chi connectivity index (χ4v) is 2.77. The molecule has 0 unspecified atom stereocenters. The minimum atomic E-state index is -0.446. The highest BCUT2D eigenvalue weighted by Crippen LogP contribution is 2.21. The summed E-state index contributed by atoms with van der Waals surface area (Å²) in [6.07, 6.45) is 0.585. The van der Waals surface area contributed by atoms with E-state index in [0.717, 1.165) is 5.56 Å². The number of H-pyrrole nitrogens is 2. The van der Waals surface area contributed by atoms with Gasteiger partial charge in [0.2, 0.25) is 0 Å². The number of nitrogens with one attached hydrogen (secondary N) is 3. The highest BCUT2D eigenvalue weighted by molar-refractivity contribution is 5.95. The number of carbonyl (C=O) groups excluding carboxylic acids is 2. The van der Waals surface area contributed by atoms with Gasteiger partial charge >= 0.3 is 11.7 Å². The van der Waals surface area contributed by atoms with Crippen molar-refractivity contribution in [2.24, 2.45) is 0 Å². The Morgan fingerprint density at radius 1 is 1.08 bits per heavy atom. The van der Waals surface area contributed by atoms with Gasteiger partial charge in [0.05, 0.1) is 17.0 Å². The highest BCUT2D eigenvalue weighted by Gasteiger charge is 2.21. The number of hydrogen-bond acceptors (Lipinski definition) is 4. The first kappa shape index (κ1) is 17.5. The summed E-state index contributed by atoms with van der Waals surface area (Å²) in [7, 11) is 0. The van der Waals surface area contributed by atoms with E-state index in [0.29, 0.717) is 23.1 Å².